The molecule has 0 spiro atoms. The number of nitrogens with zero attached hydrogens (tertiary/aromatic N) is 5. The Balaban J connectivity index is 1.38. The van der Waals surface area contributed by atoms with Crippen molar-refractivity contribution in [2.24, 2.45) is 5.10 Å². The van der Waals surface area contributed by atoms with E-state index in [1.165, 1.54) is 16.8 Å². The van der Waals surface area contributed by atoms with E-state index < -0.39 is 0 Å². The Bertz CT molecular complexity index is 1130. The molecule has 1 amide bonds. The van der Waals surface area contributed by atoms with Gasteiger partial charge in [0.2, 0.25) is 0 Å². The van der Waals surface area contributed by atoms with Gasteiger partial charge in [0, 0.05) is 12.6 Å². The molecule has 9 heteroatoms. The summed E-state index contributed by atoms with van der Waals surface area (Å²) in [5, 5.41) is 14.9. The van der Waals surface area contributed by atoms with Gasteiger partial charge in [0.15, 0.2) is 10.8 Å². The van der Waals surface area contributed by atoms with E-state index in [2.05, 4.69) is 15.3 Å². The van der Waals surface area contributed by atoms with Crippen molar-refractivity contribution in [2.75, 3.05) is 5.75 Å². The van der Waals surface area contributed by atoms with Crippen LogP contribution >= 0.6 is 11.8 Å². The number of carbonyl (C=O) groups excluding carboxylic acids is 1. The molecule has 5 rings (SSSR count). The number of amides is 1. The zero-order valence-corrected chi connectivity index (χ0v) is 15.5. The Kier molecular flexibility index (Phi) is 4.21. The summed E-state index contributed by atoms with van der Waals surface area (Å²) in [6, 6.07) is 12.7. The molecule has 1 aliphatic heterocycles. The Hall–Kier alpha value is -3.33. The summed E-state index contributed by atoms with van der Waals surface area (Å²) in [6.45, 7) is 0. The zero-order valence-electron chi connectivity index (χ0n) is 14.6. The summed E-state index contributed by atoms with van der Waals surface area (Å²) < 4.78 is 12.8. The van der Waals surface area contributed by atoms with Crippen LogP contribution in [-0.4, -0.2) is 37.0 Å². The summed E-state index contributed by atoms with van der Waals surface area (Å²) in [4.78, 5) is 13.0. The molecule has 0 radical (unpaired) electrons. The molecule has 0 saturated carbocycles. The third-order valence-electron chi connectivity index (χ3n) is 4.45. The highest BCUT2D eigenvalue weighted by atomic mass is 32.2. The molecular weight excluding hydrogens is 378 g/mol. The second-order valence-electron chi connectivity index (χ2n) is 6.20. The standard InChI is InChI=1S/C19H15N5O3S/c25-18(12-28-19-21-20-17-7-1-2-8-23(17)19)24-14(16-6-4-10-27-16)11-13(22-24)15-5-3-9-26-15/h1-10,14H,11-12H2/t14-/m0/s1. The lowest BCUT2D eigenvalue weighted by Gasteiger charge is -2.19. The zero-order chi connectivity index (χ0) is 18.9. The van der Waals surface area contributed by atoms with E-state index in [1.54, 1.807) is 24.7 Å². The average Bonchev–Trinajstić information content (AvgIpc) is 3.52. The van der Waals surface area contributed by atoms with Crippen molar-refractivity contribution in [1.29, 1.82) is 0 Å². The molecule has 28 heavy (non-hydrogen) atoms. The van der Waals surface area contributed by atoms with Crippen LogP contribution in [0.2, 0.25) is 0 Å². The van der Waals surface area contributed by atoms with Gasteiger partial charge in [-0.1, -0.05) is 17.8 Å². The van der Waals surface area contributed by atoms with Gasteiger partial charge in [-0.05, 0) is 36.4 Å². The normalized spacial score (nSPS) is 16.6. The molecule has 4 aromatic rings. The van der Waals surface area contributed by atoms with Crippen molar-refractivity contribution < 1.29 is 13.6 Å². The summed E-state index contributed by atoms with van der Waals surface area (Å²) in [5.41, 5.74) is 1.46. The molecule has 5 heterocycles. The number of hydrazone groups is 1. The maximum Gasteiger partial charge on any atom is 0.253 e. The molecule has 1 atom stereocenters. The number of carbonyl (C=O) groups is 1. The lowest BCUT2D eigenvalue weighted by molar-refractivity contribution is -0.130. The highest BCUT2D eigenvalue weighted by Gasteiger charge is 2.35. The molecule has 0 unspecified atom stereocenters. The minimum atomic E-state index is -0.293. The van der Waals surface area contributed by atoms with Crippen LogP contribution in [0.25, 0.3) is 5.65 Å². The quantitative estimate of drug-likeness (QED) is 0.483. The third kappa shape index (κ3) is 2.99. The van der Waals surface area contributed by atoms with Gasteiger partial charge in [-0.15, -0.1) is 10.2 Å². The number of hydrogen-bond donors (Lipinski definition) is 0. The number of fused-ring (bicyclic) bond motifs is 1. The topological polar surface area (TPSA) is 89.1 Å². The van der Waals surface area contributed by atoms with Crippen molar-refractivity contribution in [2.45, 2.75) is 17.6 Å². The van der Waals surface area contributed by atoms with Crippen molar-refractivity contribution >= 4 is 29.0 Å². The third-order valence-corrected chi connectivity index (χ3v) is 5.38. The Morgan fingerprint density at radius 3 is 2.82 bits per heavy atom. The fraction of sp³-hybridized carbons (Fsp3) is 0.158. The molecule has 0 N–H and O–H groups in total. The van der Waals surface area contributed by atoms with Gasteiger partial charge in [0.25, 0.3) is 5.91 Å². The van der Waals surface area contributed by atoms with Crippen LogP contribution in [-0.2, 0) is 4.79 Å². The molecule has 0 aromatic carbocycles. The number of pyridine rings is 1. The SMILES string of the molecule is O=C(CSc1nnc2ccccn12)N1N=C(c2ccco2)C[C@H]1c1ccco1. The van der Waals surface area contributed by atoms with Crippen LogP contribution in [0.1, 0.15) is 24.0 Å². The highest BCUT2D eigenvalue weighted by molar-refractivity contribution is 7.99. The first-order valence-electron chi connectivity index (χ1n) is 8.69. The van der Waals surface area contributed by atoms with Crippen LogP contribution in [0.15, 0.2) is 80.3 Å². The number of hydrogen-bond acceptors (Lipinski definition) is 7. The van der Waals surface area contributed by atoms with E-state index in [0.717, 1.165) is 11.4 Å². The number of aromatic nitrogens is 3. The van der Waals surface area contributed by atoms with Gasteiger partial charge in [-0.25, -0.2) is 5.01 Å². The van der Waals surface area contributed by atoms with Gasteiger partial charge in [-0.3, -0.25) is 9.20 Å². The monoisotopic (exact) mass is 393 g/mol. The van der Waals surface area contributed by atoms with Crippen LogP contribution in [0, 0.1) is 0 Å². The number of thioether (sulfide) groups is 1. The van der Waals surface area contributed by atoms with Crippen LogP contribution in [0.3, 0.4) is 0 Å². The molecule has 4 aromatic heterocycles. The van der Waals surface area contributed by atoms with Crippen molar-refractivity contribution in [3.63, 3.8) is 0 Å². The van der Waals surface area contributed by atoms with E-state index >= 15 is 0 Å². The largest absolute Gasteiger partial charge is 0.467 e. The molecule has 140 valence electrons. The second kappa shape index (κ2) is 7.01. The summed E-state index contributed by atoms with van der Waals surface area (Å²) in [5.74, 6) is 1.39. The van der Waals surface area contributed by atoms with Crippen LogP contribution in [0.4, 0.5) is 0 Å². The maximum atomic E-state index is 13.0. The van der Waals surface area contributed by atoms with Gasteiger partial charge in [0.05, 0.1) is 18.3 Å². The summed E-state index contributed by atoms with van der Waals surface area (Å²) in [7, 11) is 0. The molecule has 0 aliphatic carbocycles. The van der Waals surface area contributed by atoms with Gasteiger partial charge in [0.1, 0.15) is 23.3 Å². The Morgan fingerprint density at radius 2 is 2.00 bits per heavy atom. The average molecular weight is 393 g/mol. The first kappa shape index (κ1) is 16.8. The van der Waals surface area contributed by atoms with Gasteiger partial charge < -0.3 is 8.83 Å². The van der Waals surface area contributed by atoms with Crippen LogP contribution in [0.5, 0.6) is 0 Å². The first-order valence-corrected chi connectivity index (χ1v) is 9.67. The number of rotatable bonds is 5. The molecule has 8 nitrogen and oxygen atoms in total. The minimum Gasteiger partial charge on any atom is -0.467 e. The Labute approximate surface area is 163 Å². The minimum absolute atomic E-state index is 0.138. The second-order valence-corrected chi connectivity index (χ2v) is 7.14. The van der Waals surface area contributed by atoms with Crippen molar-refractivity contribution in [3.05, 3.63) is 72.7 Å². The molecule has 1 aliphatic rings. The smallest absolute Gasteiger partial charge is 0.253 e. The van der Waals surface area contributed by atoms with Gasteiger partial charge >= 0.3 is 0 Å². The first-order chi connectivity index (χ1) is 13.8. The lowest BCUT2D eigenvalue weighted by Crippen LogP contribution is -2.28. The molecule has 0 bridgehead atoms. The van der Waals surface area contributed by atoms with E-state index in [0.29, 0.717) is 23.1 Å². The molecule has 0 saturated heterocycles. The predicted molar refractivity (Wildman–Crippen MR) is 102 cm³/mol. The fourth-order valence-corrected chi connectivity index (χ4v) is 3.92. The van der Waals surface area contributed by atoms with E-state index in [-0.39, 0.29) is 17.7 Å². The Morgan fingerprint density at radius 1 is 1.11 bits per heavy atom. The lowest BCUT2D eigenvalue weighted by atomic mass is 10.1. The van der Waals surface area contributed by atoms with Crippen LogP contribution < -0.4 is 0 Å². The van der Waals surface area contributed by atoms with E-state index in [4.69, 9.17) is 8.83 Å². The summed E-state index contributed by atoms with van der Waals surface area (Å²) >= 11 is 1.32. The maximum absolute atomic E-state index is 13.0. The highest BCUT2D eigenvalue weighted by Crippen LogP contribution is 2.34. The van der Waals surface area contributed by atoms with E-state index in [1.807, 2.05) is 40.9 Å². The fourth-order valence-electron chi connectivity index (χ4n) is 3.14. The number of furan rings is 2. The summed E-state index contributed by atoms with van der Waals surface area (Å²) in [6.07, 6.45) is 5.60. The van der Waals surface area contributed by atoms with Crippen molar-refractivity contribution in [3.8, 4) is 0 Å². The predicted octanol–water partition coefficient (Wildman–Crippen LogP) is 3.39. The molecular formula is C19H15N5O3S. The van der Waals surface area contributed by atoms with E-state index in [9.17, 15) is 4.79 Å². The molecule has 0 fully saturated rings. The van der Waals surface area contributed by atoms with Gasteiger partial charge in [-0.2, -0.15) is 5.10 Å². The van der Waals surface area contributed by atoms with Crippen molar-refractivity contribution in [1.82, 2.24) is 19.6 Å².